The Morgan fingerprint density at radius 2 is 1.81 bits per heavy atom. The molecule has 0 saturated heterocycles. The van der Waals surface area contributed by atoms with Crippen molar-refractivity contribution in [1.82, 2.24) is 10.2 Å². The third-order valence-electron chi connectivity index (χ3n) is 5.31. The van der Waals surface area contributed by atoms with E-state index in [0.717, 1.165) is 38.5 Å². The Kier molecular flexibility index (Phi) is 8.14. The lowest BCUT2D eigenvalue weighted by molar-refractivity contribution is -0.128. The topological polar surface area (TPSA) is 49.4 Å². The highest BCUT2D eigenvalue weighted by Gasteiger charge is 2.38. The van der Waals surface area contributed by atoms with Gasteiger partial charge in [-0.15, -0.1) is 0 Å². The minimum absolute atomic E-state index is 0. The Bertz CT molecular complexity index is 571. The van der Waals surface area contributed by atoms with Crippen LogP contribution in [0.4, 0.5) is 0 Å². The average molecular weight is 361 g/mol. The van der Waals surface area contributed by atoms with Gasteiger partial charge in [-0.05, 0) is 51.2 Å². The van der Waals surface area contributed by atoms with E-state index in [0.29, 0.717) is 12.1 Å². The van der Waals surface area contributed by atoms with Crippen LogP contribution in [0.1, 0.15) is 77.5 Å². The van der Waals surface area contributed by atoms with Crippen molar-refractivity contribution in [1.29, 1.82) is 0 Å². The van der Waals surface area contributed by atoms with Crippen molar-refractivity contribution >= 4 is 11.8 Å². The molecule has 26 heavy (non-hydrogen) atoms. The minimum Gasteiger partial charge on any atom is -0.354 e. The van der Waals surface area contributed by atoms with Crippen LogP contribution in [-0.4, -0.2) is 35.3 Å². The molecule has 0 aliphatic heterocycles. The van der Waals surface area contributed by atoms with Crippen LogP contribution in [0, 0.1) is 5.92 Å². The van der Waals surface area contributed by atoms with Gasteiger partial charge in [-0.25, -0.2) is 0 Å². The Morgan fingerprint density at radius 3 is 2.38 bits per heavy atom. The second-order valence-electron chi connectivity index (χ2n) is 7.66. The van der Waals surface area contributed by atoms with Gasteiger partial charge < -0.3 is 10.2 Å². The van der Waals surface area contributed by atoms with Crippen molar-refractivity contribution in [3.63, 3.8) is 0 Å². The molecule has 2 rings (SSSR count). The second kappa shape index (κ2) is 10.3. The van der Waals surface area contributed by atoms with Crippen LogP contribution >= 0.6 is 0 Å². The van der Waals surface area contributed by atoms with Crippen molar-refractivity contribution in [3.8, 4) is 0 Å². The molecule has 2 amide bonds. The normalized spacial score (nSPS) is 16.3. The van der Waals surface area contributed by atoms with Gasteiger partial charge >= 0.3 is 0 Å². The van der Waals surface area contributed by atoms with E-state index in [1.54, 1.807) is 0 Å². The predicted octanol–water partition coefficient (Wildman–Crippen LogP) is 4.65. The molecule has 1 aromatic carbocycles. The first-order valence-corrected chi connectivity index (χ1v) is 10.2. The van der Waals surface area contributed by atoms with Gasteiger partial charge in [0.05, 0.1) is 0 Å². The van der Waals surface area contributed by atoms with Gasteiger partial charge in [-0.3, -0.25) is 9.59 Å². The van der Waals surface area contributed by atoms with Gasteiger partial charge in [0, 0.05) is 19.6 Å². The molecule has 4 heteroatoms. The third-order valence-corrected chi connectivity index (χ3v) is 5.31. The van der Waals surface area contributed by atoms with E-state index in [2.05, 4.69) is 12.2 Å². The summed E-state index contributed by atoms with van der Waals surface area (Å²) in [7, 11) is 0. The highest BCUT2D eigenvalue weighted by atomic mass is 16.2. The first-order valence-electron chi connectivity index (χ1n) is 10.2. The van der Waals surface area contributed by atoms with E-state index >= 15 is 0 Å². The van der Waals surface area contributed by atoms with E-state index < -0.39 is 0 Å². The smallest absolute Gasteiger partial charge is 0.254 e. The molecule has 1 fully saturated rings. The van der Waals surface area contributed by atoms with E-state index in [9.17, 15) is 9.59 Å². The number of carbonyl (C=O) groups is 2. The van der Waals surface area contributed by atoms with Gasteiger partial charge in [0.15, 0.2) is 0 Å². The van der Waals surface area contributed by atoms with Gasteiger partial charge in [-0.1, -0.05) is 50.8 Å². The van der Waals surface area contributed by atoms with Crippen LogP contribution in [0.15, 0.2) is 30.3 Å². The first-order chi connectivity index (χ1) is 12.6. The molecule has 0 heterocycles. The average Bonchev–Trinajstić information content (AvgIpc) is 2.66. The van der Waals surface area contributed by atoms with Crippen LogP contribution in [0.2, 0.25) is 0 Å². The van der Waals surface area contributed by atoms with Crippen LogP contribution in [0.3, 0.4) is 0 Å². The number of nitrogens with zero attached hydrogens (tertiary/aromatic N) is 1. The van der Waals surface area contributed by atoms with E-state index in [1.165, 1.54) is 6.42 Å². The lowest BCUT2D eigenvalue weighted by Crippen LogP contribution is -2.56. The maximum absolute atomic E-state index is 13.3. The van der Waals surface area contributed by atoms with Crippen molar-refractivity contribution < 1.29 is 11.0 Å². The molecule has 1 aliphatic carbocycles. The molecule has 1 atom stereocenters. The van der Waals surface area contributed by atoms with Crippen molar-refractivity contribution in [2.45, 2.75) is 77.8 Å². The Balaban J connectivity index is 0.00000364. The number of nitrogens with one attached hydrogen (secondary N) is 1. The number of carbonyl (C=O) groups excluding carboxylic acids is 2. The van der Waals surface area contributed by atoms with Gasteiger partial charge in [0.1, 0.15) is 6.04 Å². The second-order valence-corrected chi connectivity index (χ2v) is 7.66. The van der Waals surface area contributed by atoms with Crippen molar-refractivity contribution in [2.24, 2.45) is 5.92 Å². The molecule has 0 spiro atoms. The van der Waals surface area contributed by atoms with Gasteiger partial charge in [0.2, 0.25) is 5.91 Å². The van der Waals surface area contributed by atoms with Gasteiger partial charge in [-0.2, -0.15) is 0 Å². The van der Waals surface area contributed by atoms with Crippen molar-refractivity contribution in [2.75, 3.05) is 6.54 Å². The number of hydrogen-bond acceptors (Lipinski definition) is 2. The molecular formula is C22H36N2O2. The molecule has 1 N–H and O–H groups in total. The minimum atomic E-state index is -0.375. The van der Waals surface area contributed by atoms with E-state index in [4.69, 9.17) is 0 Å². The summed E-state index contributed by atoms with van der Waals surface area (Å²) >= 11 is 0. The summed E-state index contributed by atoms with van der Waals surface area (Å²) in [5, 5.41) is 3.09. The Morgan fingerprint density at radius 1 is 1.15 bits per heavy atom. The number of amides is 2. The maximum atomic E-state index is 13.3. The zero-order valence-corrected chi connectivity index (χ0v) is 16.5. The quantitative estimate of drug-likeness (QED) is 0.686. The summed E-state index contributed by atoms with van der Waals surface area (Å²) in [5.41, 5.74) is 0.656. The van der Waals surface area contributed by atoms with Crippen LogP contribution in [0.5, 0.6) is 0 Å². The predicted molar refractivity (Wildman–Crippen MR) is 108 cm³/mol. The largest absolute Gasteiger partial charge is 0.354 e. The molecule has 1 saturated carbocycles. The molecule has 1 unspecified atom stereocenters. The summed E-state index contributed by atoms with van der Waals surface area (Å²) in [6.45, 7) is 6.82. The summed E-state index contributed by atoms with van der Waals surface area (Å²) < 4.78 is 0. The van der Waals surface area contributed by atoms with E-state index in [-0.39, 0.29) is 31.2 Å². The lowest BCUT2D eigenvalue weighted by Gasteiger charge is -2.40. The molecule has 4 nitrogen and oxygen atoms in total. The summed E-state index contributed by atoms with van der Waals surface area (Å²) in [6.07, 6.45) is 7.59. The lowest BCUT2D eigenvalue weighted by atomic mass is 9.82. The molecular weight excluding hydrogens is 324 g/mol. The SMILES string of the molecule is CCCCNC(=O)C(C1CCCCC1)N(C(=O)c1ccccc1)C(C)C.[HH]. The first kappa shape index (κ1) is 20.5. The molecule has 0 bridgehead atoms. The standard InChI is InChI=1S/C22H34N2O2.H2/c1-4-5-16-23-21(25)20(18-12-8-6-9-13-18)24(17(2)3)22(26)19-14-10-7-11-15-19;/h7,10-11,14-15,17-18,20H,4-6,8-9,12-13,16H2,1-3H3,(H,23,25);1H. The third kappa shape index (κ3) is 5.33. The zero-order chi connectivity index (χ0) is 18.9. The van der Waals surface area contributed by atoms with Crippen LogP contribution in [-0.2, 0) is 4.79 Å². The number of hydrogen-bond donors (Lipinski definition) is 1. The number of rotatable bonds is 8. The monoisotopic (exact) mass is 360 g/mol. The summed E-state index contributed by atoms with van der Waals surface area (Å²) in [5.74, 6) is 0.227. The molecule has 1 aliphatic rings. The Hall–Kier alpha value is -1.84. The van der Waals surface area contributed by atoms with Crippen LogP contribution in [0.25, 0.3) is 0 Å². The molecule has 146 valence electrons. The highest BCUT2D eigenvalue weighted by molar-refractivity contribution is 5.97. The Labute approximate surface area is 159 Å². The van der Waals surface area contributed by atoms with E-state index in [1.807, 2.05) is 49.1 Å². The fourth-order valence-corrected chi connectivity index (χ4v) is 3.92. The molecule has 0 radical (unpaired) electrons. The highest BCUT2D eigenvalue weighted by Crippen LogP contribution is 2.31. The summed E-state index contributed by atoms with van der Waals surface area (Å²) in [6, 6.07) is 8.94. The van der Waals surface area contributed by atoms with Crippen molar-refractivity contribution in [3.05, 3.63) is 35.9 Å². The fraction of sp³-hybridized carbons (Fsp3) is 0.636. The number of benzene rings is 1. The van der Waals surface area contributed by atoms with Gasteiger partial charge in [0.25, 0.3) is 5.91 Å². The number of unbranched alkanes of at least 4 members (excludes halogenated alkanes) is 1. The molecule has 0 aromatic heterocycles. The fourth-order valence-electron chi connectivity index (χ4n) is 3.92. The summed E-state index contributed by atoms with van der Waals surface area (Å²) in [4.78, 5) is 28.2. The molecule has 1 aromatic rings. The zero-order valence-electron chi connectivity index (χ0n) is 16.5. The maximum Gasteiger partial charge on any atom is 0.254 e. The van der Waals surface area contributed by atoms with Crippen LogP contribution < -0.4 is 5.32 Å².